The van der Waals surface area contributed by atoms with Crippen LogP contribution in [0.5, 0.6) is 0 Å². The molecular weight excluding hydrogens is 312 g/mol. The number of esters is 1. The van der Waals surface area contributed by atoms with Crippen LogP contribution in [0.15, 0.2) is 0 Å². The zero-order valence-corrected chi connectivity index (χ0v) is 16.4. The van der Waals surface area contributed by atoms with Crippen molar-refractivity contribution >= 4 is 5.97 Å². The first kappa shape index (κ1) is 17.8. The lowest BCUT2D eigenvalue weighted by atomic mass is 9.45. The summed E-state index contributed by atoms with van der Waals surface area (Å²) in [5, 5.41) is 0. The van der Waals surface area contributed by atoms with Crippen molar-refractivity contribution in [3.05, 3.63) is 0 Å². The molecule has 0 N–H and O–H groups in total. The van der Waals surface area contributed by atoms with Crippen LogP contribution in [0, 0.1) is 34.5 Å². The van der Waals surface area contributed by atoms with Gasteiger partial charge < -0.3 is 9.47 Å². The molecule has 0 amide bonds. The summed E-state index contributed by atoms with van der Waals surface area (Å²) in [6.45, 7) is 5.31. The van der Waals surface area contributed by atoms with E-state index in [0.717, 1.165) is 36.5 Å². The summed E-state index contributed by atoms with van der Waals surface area (Å²) < 4.78 is 10.6. The fourth-order valence-corrected chi connectivity index (χ4v) is 7.61. The summed E-state index contributed by atoms with van der Waals surface area (Å²) in [4.78, 5) is 11.4. The quantitative estimate of drug-likeness (QED) is 0.675. The van der Waals surface area contributed by atoms with Gasteiger partial charge in [-0.1, -0.05) is 20.3 Å². The minimum atomic E-state index is -0.246. The van der Waals surface area contributed by atoms with Crippen molar-refractivity contribution in [2.24, 2.45) is 34.5 Å². The lowest BCUT2D eigenvalue weighted by Gasteiger charge is -2.60. The van der Waals surface area contributed by atoms with Gasteiger partial charge in [-0.15, -0.1) is 0 Å². The molecule has 7 atom stereocenters. The first-order valence-corrected chi connectivity index (χ1v) is 10.6. The Bertz CT molecular complexity index is 517. The van der Waals surface area contributed by atoms with Gasteiger partial charge in [-0.05, 0) is 92.3 Å². The van der Waals surface area contributed by atoms with Gasteiger partial charge in [0.15, 0.2) is 0 Å². The summed E-state index contributed by atoms with van der Waals surface area (Å²) in [7, 11) is 1.44. The molecule has 0 aromatic carbocycles. The Kier molecular flexibility index (Phi) is 4.67. The second-order valence-electron chi connectivity index (χ2n) is 10.0. The summed E-state index contributed by atoms with van der Waals surface area (Å²) >= 11 is 0. The summed E-state index contributed by atoms with van der Waals surface area (Å²) in [6.07, 6.45) is 14.0. The van der Waals surface area contributed by atoms with Crippen LogP contribution in [0.2, 0.25) is 0 Å². The van der Waals surface area contributed by atoms with Gasteiger partial charge in [0.25, 0.3) is 0 Å². The Hall–Kier alpha value is -0.570. The number of hydrogen-bond acceptors (Lipinski definition) is 3. The zero-order chi connectivity index (χ0) is 17.7. The first-order chi connectivity index (χ1) is 12.0. The molecule has 0 radical (unpaired) electrons. The molecule has 4 saturated carbocycles. The van der Waals surface area contributed by atoms with Gasteiger partial charge in [-0.3, -0.25) is 0 Å². The molecule has 4 fully saturated rings. The molecule has 0 bridgehead atoms. The van der Waals surface area contributed by atoms with Crippen molar-refractivity contribution in [2.45, 2.75) is 84.2 Å². The Labute approximate surface area is 153 Å². The van der Waals surface area contributed by atoms with E-state index in [9.17, 15) is 4.79 Å². The van der Waals surface area contributed by atoms with Gasteiger partial charge in [0.2, 0.25) is 0 Å². The molecule has 0 aromatic heterocycles. The van der Waals surface area contributed by atoms with Crippen LogP contribution >= 0.6 is 0 Å². The number of carbonyl (C=O) groups is 1. The number of hydrogen-bond donors (Lipinski definition) is 0. The molecule has 4 aliphatic rings. The highest BCUT2D eigenvalue weighted by molar-refractivity contribution is 5.70. The monoisotopic (exact) mass is 348 g/mol. The van der Waals surface area contributed by atoms with Gasteiger partial charge >= 0.3 is 5.97 Å². The van der Waals surface area contributed by atoms with Crippen LogP contribution in [0.4, 0.5) is 0 Å². The number of rotatable bonds is 3. The SMILES string of the molecule is COC(=O)CO[C@@H]1CC[C@@]2(C)[C@@H](CC[C@H]3[C@H]2CC[C@]2(C)CCC[C@@H]32)C1. The predicted octanol–water partition coefficient (Wildman–Crippen LogP) is 4.98. The molecule has 3 nitrogen and oxygen atoms in total. The Balaban J connectivity index is 1.44. The first-order valence-electron chi connectivity index (χ1n) is 10.6. The fourth-order valence-electron chi connectivity index (χ4n) is 7.61. The zero-order valence-electron chi connectivity index (χ0n) is 16.4. The molecule has 4 aliphatic carbocycles. The fraction of sp³-hybridized carbons (Fsp3) is 0.955. The normalized spacial score (nSPS) is 49.0. The summed E-state index contributed by atoms with van der Waals surface area (Å²) in [5.41, 5.74) is 1.17. The van der Waals surface area contributed by atoms with E-state index < -0.39 is 0 Å². The molecular formula is C22H36O3. The maximum atomic E-state index is 11.4. The third-order valence-electron chi connectivity index (χ3n) is 9.06. The molecule has 0 spiro atoms. The molecule has 142 valence electrons. The molecule has 0 saturated heterocycles. The molecule has 0 aliphatic heterocycles. The van der Waals surface area contributed by atoms with Crippen LogP contribution < -0.4 is 0 Å². The Morgan fingerprint density at radius 3 is 2.64 bits per heavy atom. The Morgan fingerprint density at radius 2 is 1.84 bits per heavy atom. The van der Waals surface area contributed by atoms with Crippen LogP contribution in [0.1, 0.15) is 78.1 Å². The third kappa shape index (κ3) is 2.95. The maximum absolute atomic E-state index is 11.4. The van der Waals surface area contributed by atoms with Gasteiger partial charge in [0.1, 0.15) is 6.61 Å². The van der Waals surface area contributed by atoms with Gasteiger partial charge in [-0.25, -0.2) is 4.79 Å². The van der Waals surface area contributed by atoms with Crippen molar-refractivity contribution in [2.75, 3.05) is 13.7 Å². The van der Waals surface area contributed by atoms with Gasteiger partial charge in [-0.2, -0.15) is 0 Å². The van der Waals surface area contributed by atoms with Crippen molar-refractivity contribution in [1.29, 1.82) is 0 Å². The minimum absolute atomic E-state index is 0.122. The highest BCUT2D eigenvalue weighted by Gasteiger charge is 2.57. The highest BCUT2D eigenvalue weighted by Crippen LogP contribution is 2.66. The standard InChI is InChI=1S/C22H36O3/c1-21-10-4-5-18(21)17-7-6-15-13-16(25-14-20(23)24-3)8-12-22(15,2)19(17)9-11-21/h15-19H,4-14H2,1-3H3/t15-,16+,17+,18-,19+,21-,22-/m0/s1. The van der Waals surface area contributed by atoms with E-state index in [0.29, 0.717) is 10.8 Å². The molecule has 0 aromatic rings. The lowest BCUT2D eigenvalue weighted by molar-refractivity contribution is -0.155. The highest BCUT2D eigenvalue weighted by atomic mass is 16.6. The van der Waals surface area contributed by atoms with E-state index in [-0.39, 0.29) is 18.7 Å². The summed E-state index contributed by atoms with van der Waals surface area (Å²) in [5.74, 6) is 3.46. The molecule has 25 heavy (non-hydrogen) atoms. The topological polar surface area (TPSA) is 35.5 Å². The number of fused-ring (bicyclic) bond motifs is 5. The number of carbonyl (C=O) groups excluding carboxylic acids is 1. The smallest absolute Gasteiger partial charge is 0.331 e. The second kappa shape index (κ2) is 6.55. The molecule has 0 unspecified atom stereocenters. The number of ether oxygens (including phenoxy) is 2. The third-order valence-corrected chi connectivity index (χ3v) is 9.06. The van der Waals surface area contributed by atoms with Crippen LogP contribution in [-0.2, 0) is 14.3 Å². The van der Waals surface area contributed by atoms with Gasteiger partial charge in [0, 0.05) is 0 Å². The van der Waals surface area contributed by atoms with Crippen molar-refractivity contribution < 1.29 is 14.3 Å². The van der Waals surface area contributed by atoms with E-state index in [4.69, 9.17) is 9.47 Å². The Morgan fingerprint density at radius 1 is 1.00 bits per heavy atom. The maximum Gasteiger partial charge on any atom is 0.331 e. The average molecular weight is 349 g/mol. The van der Waals surface area contributed by atoms with Crippen molar-refractivity contribution in [3.63, 3.8) is 0 Å². The van der Waals surface area contributed by atoms with E-state index >= 15 is 0 Å². The summed E-state index contributed by atoms with van der Waals surface area (Å²) in [6, 6.07) is 0. The van der Waals surface area contributed by atoms with Crippen molar-refractivity contribution in [1.82, 2.24) is 0 Å². The van der Waals surface area contributed by atoms with Crippen LogP contribution in [0.25, 0.3) is 0 Å². The molecule has 3 heteroatoms. The van der Waals surface area contributed by atoms with E-state index in [1.54, 1.807) is 0 Å². The largest absolute Gasteiger partial charge is 0.467 e. The lowest BCUT2D eigenvalue weighted by Crippen LogP contribution is -2.53. The number of methoxy groups -OCH3 is 1. The molecule has 4 rings (SSSR count). The molecule has 0 heterocycles. The second-order valence-corrected chi connectivity index (χ2v) is 10.0. The predicted molar refractivity (Wildman–Crippen MR) is 98.1 cm³/mol. The van der Waals surface area contributed by atoms with Crippen LogP contribution in [0.3, 0.4) is 0 Å². The van der Waals surface area contributed by atoms with Crippen LogP contribution in [-0.4, -0.2) is 25.8 Å². The van der Waals surface area contributed by atoms with E-state index in [1.165, 1.54) is 58.5 Å². The van der Waals surface area contributed by atoms with E-state index in [1.807, 2.05) is 0 Å². The average Bonchev–Trinajstić information content (AvgIpc) is 3.01. The van der Waals surface area contributed by atoms with Gasteiger partial charge in [0.05, 0.1) is 13.2 Å². The van der Waals surface area contributed by atoms with E-state index in [2.05, 4.69) is 13.8 Å². The minimum Gasteiger partial charge on any atom is -0.467 e. The van der Waals surface area contributed by atoms with Crippen molar-refractivity contribution in [3.8, 4) is 0 Å².